The molecule has 0 amide bonds. The maximum Gasteiger partial charge on any atom is 0.166 e. The molecule has 4 aromatic heterocycles. The summed E-state index contributed by atoms with van der Waals surface area (Å²) >= 11 is 0. The third kappa shape index (κ3) is 5.48. The number of nitrogens with zero attached hydrogens (tertiary/aromatic N) is 5. The number of fused-ring (bicyclic) bond motifs is 10. The van der Waals surface area contributed by atoms with E-state index in [0.717, 1.165) is 82.8 Å². The van der Waals surface area contributed by atoms with Crippen LogP contribution in [0, 0.1) is 0 Å². The molecule has 0 saturated heterocycles. The van der Waals surface area contributed by atoms with Gasteiger partial charge in [0.05, 0.1) is 27.8 Å². The van der Waals surface area contributed by atoms with Gasteiger partial charge < -0.3 is 13.6 Å². The van der Waals surface area contributed by atoms with E-state index in [-0.39, 0.29) is 0 Å². The lowest BCUT2D eigenvalue weighted by atomic mass is 10.0. The van der Waals surface area contributed by atoms with Crippen molar-refractivity contribution in [1.29, 1.82) is 0 Å². The highest BCUT2D eigenvalue weighted by atomic mass is 16.3. The van der Waals surface area contributed by atoms with Gasteiger partial charge in [0.1, 0.15) is 0 Å². The van der Waals surface area contributed by atoms with Gasteiger partial charge in [-0.25, -0.2) is 15.0 Å². The summed E-state index contributed by atoms with van der Waals surface area (Å²) in [6.07, 6.45) is 0. The van der Waals surface area contributed by atoms with E-state index in [4.69, 9.17) is 19.4 Å². The van der Waals surface area contributed by atoms with Crippen LogP contribution in [0.4, 0.5) is 0 Å². The highest BCUT2D eigenvalue weighted by Gasteiger charge is 2.25. The van der Waals surface area contributed by atoms with Crippen molar-refractivity contribution in [1.82, 2.24) is 24.1 Å². The first-order valence-corrected chi connectivity index (χ1v) is 21.2. The molecule has 9 aromatic carbocycles. The number of rotatable bonds is 6. The fourth-order valence-corrected chi connectivity index (χ4v) is 9.55. The predicted molar refractivity (Wildman–Crippen MR) is 258 cm³/mol. The predicted octanol–water partition coefficient (Wildman–Crippen LogP) is 14.6. The Bertz CT molecular complexity index is 3830. The zero-order valence-corrected chi connectivity index (χ0v) is 33.9. The molecule has 0 spiro atoms. The fourth-order valence-electron chi connectivity index (χ4n) is 9.55. The number of para-hydroxylation sites is 4. The van der Waals surface area contributed by atoms with Gasteiger partial charge in [0.15, 0.2) is 28.6 Å². The Balaban J connectivity index is 1.11. The zero-order valence-electron chi connectivity index (χ0n) is 33.9. The Labute approximate surface area is 361 Å². The monoisotopic (exact) mass is 805 g/mol. The van der Waals surface area contributed by atoms with Crippen molar-refractivity contribution >= 4 is 65.6 Å². The number of aromatic nitrogens is 5. The second-order valence-electron chi connectivity index (χ2n) is 16.0. The smallest absolute Gasteiger partial charge is 0.166 e. The standard InChI is InChI=1S/C57H35N5O/c1-5-17-36(18-6-1)39-31-32-42-41-25-13-14-29-48(41)62(50(42)35-39)49-30-16-27-45-46-34-33-44-43-26-15-28-47(51(43)61(40-23-11-4-12-24-40)52(44)54(46)63-53(45)49)57-59-55(37-19-7-2-8-20-37)58-56(60-57)38-21-9-3-10-22-38/h1-35H. The van der Waals surface area contributed by atoms with Gasteiger partial charge >= 0.3 is 0 Å². The van der Waals surface area contributed by atoms with Crippen LogP contribution in [0.2, 0.25) is 0 Å². The van der Waals surface area contributed by atoms with Gasteiger partial charge in [-0.1, -0.05) is 170 Å². The number of hydrogen-bond acceptors (Lipinski definition) is 4. The van der Waals surface area contributed by atoms with Crippen molar-refractivity contribution in [2.45, 2.75) is 0 Å². The third-order valence-corrected chi connectivity index (χ3v) is 12.4. The number of benzene rings is 9. The molecule has 6 heteroatoms. The van der Waals surface area contributed by atoms with E-state index in [1.54, 1.807) is 0 Å². The van der Waals surface area contributed by atoms with Gasteiger partial charge in [0.2, 0.25) is 0 Å². The van der Waals surface area contributed by atoms with Crippen LogP contribution in [-0.4, -0.2) is 24.1 Å². The minimum atomic E-state index is 0.595. The van der Waals surface area contributed by atoms with E-state index >= 15 is 0 Å². The first kappa shape index (κ1) is 35.2. The van der Waals surface area contributed by atoms with Gasteiger partial charge in [-0.3, -0.25) is 0 Å². The van der Waals surface area contributed by atoms with Gasteiger partial charge in [-0.15, -0.1) is 0 Å². The molecule has 13 aromatic rings. The van der Waals surface area contributed by atoms with Crippen molar-refractivity contribution in [2.24, 2.45) is 0 Å². The molecular formula is C57H35N5O. The number of hydrogen-bond donors (Lipinski definition) is 0. The maximum absolute atomic E-state index is 7.34. The van der Waals surface area contributed by atoms with E-state index in [1.807, 2.05) is 60.7 Å². The van der Waals surface area contributed by atoms with Crippen LogP contribution in [-0.2, 0) is 0 Å². The Kier molecular flexibility index (Phi) is 7.80. The summed E-state index contributed by atoms with van der Waals surface area (Å²) in [5.41, 5.74) is 13.0. The molecule has 13 rings (SSSR count). The van der Waals surface area contributed by atoms with Crippen molar-refractivity contribution < 1.29 is 4.42 Å². The molecule has 0 aliphatic heterocycles. The van der Waals surface area contributed by atoms with E-state index in [0.29, 0.717) is 17.5 Å². The SMILES string of the molecule is c1ccc(-c2ccc3c4ccccc4n(-c4cccc5c4oc4c5ccc5c6cccc(-c7nc(-c8ccccc8)nc(-c8ccccc8)n7)c6n(-c6ccccc6)c54)c3c2)cc1. The number of furan rings is 1. The minimum Gasteiger partial charge on any atom is -0.452 e. The minimum absolute atomic E-state index is 0.595. The summed E-state index contributed by atoms with van der Waals surface area (Å²) in [6.45, 7) is 0. The average Bonchev–Trinajstić information content (AvgIpc) is 4.03. The lowest BCUT2D eigenvalue weighted by Crippen LogP contribution is -2.02. The quantitative estimate of drug-likeness (QED) is 0.168. The van der Waals surface area contributed by atoms with Crippen LogP contribution >= 0.6 is 0 Å². The molecule has 0 fully saturated rings. The second kappa shape index (κ2) is 14.0. The average molecular weight is 806 g/mol. The van der Waals surface area contributed by atoms with Gasteiger partial charge in [0, 0.05) is 54.7 Å². The van der Waals surface area contributed by atoms with Crippen LogP contribution < -0.4 is 0 Å². The normalized spacial score (nSPS) is 11.8. The van der Waals surface area contributed by atoms with Gasteiger partial charge in [-0.2, -0.15) is 0 Å². The van der Waals surface area contributed by atoms with Crippen molar-refractivity contribution in [2.75, 3.05) is 0 Å². The second-order valence-corrected chi connectivity index (χ2v) is 16.0. The van der Waals surface area contributed by atoms with Gasteiger partial charge in [0.25, 0.3) is 0 Å². The lowest BCUT2D eigenvalue weighted by Gasteiger charge is -2.12. The molecule has 63 heavy (non-hydrogen) atoms. The van der Waals surface area contributed by atoms with Crippen molar-refractivity contribution in [3.05, 3.63) is 212 Å². The highest BCUT2D eigenvalue weighted by molar-refractivity contribution is 6.24. The maximum atomic E-state index is 7.34. The zero-order chi connectivity index (χ0) is 41.4. The Hall–Kier alpha value is -8.61. The Morgan fingerprint density at radius 1 is 0.317 bits per heavy atom. The largest absolute Gasteiger partial charge is 0.452 e. The fraction of sp³-hybridized carbons (Fsp3) is 0. The van der Waals surface area contributed by atoms with Crippen LogP contribution in [0.15, 0.2) is 217 Å². The summed E-state index contributed by atoms with van der Waals surface area (Å²) in [5.74, 6) is 1.83. The Morgan fingerprint density at radius 2 is 0.841 bits per heavy atom. The molecule has 0 radical (unpaired) electrons. The summed E-state index contributed by atoms with van der Waals surface area (Å²) in [5, 5.41) is 6.65. The molecule has 0 atom stereocenters. The molecule has 0 unspecified atom stereocenters. The Morgan fingerprint density at radius 3 is 1.57 bits per heavy atom. The summed E-state index contributed by atoms with van der Waals surface area (Å²) in [7, 11) is 0. The first-order chi connectivity index (χ1) is 31.3. The molecule has 0 saturated carbocycles. The molecule has 0 N–H and O–H groups in total. The molecular weight excluding hydrogens is 771 g/mol. The van der Waals surface area contributed by atoms with Crippen LogP contribution in [0.25, 0.3) is 122 Å². The summed E-state index contributed by atoms with van der Waals surface area (Å²) in [6, 6.07) is 74.3. The molecule has 0 aliphatic carbocycles. The molecule has 0 bridgehead atoms. The van der Waals surface area contributed by atoms with E-state index in [1.165, 1.54) is 21.9 Å². The van der Waals surface area contributed by atoms with E-state index in [9.17, 15) is 0 Å². The first-order valence-electron chi connectivity index (χ1n) is 21.2. The summed E-state index contributed by atoms with van der Waals surface area (Å²) < 4.78 is 12.1. The van der Waals surface area contributed by atoms with Crippen molar-refractivity contribution in [3.63, 3.8) is 0 Å². The molecule has 294 valence electrons. The van der Waals surface area contributed by atoms with E-state index < -0.39 is 0 Å². The van der Waals surface area contributed by atoms with Crippen LogP contribution in [0.5, 0.6) is 0 Å². The topological polar surface area (TPSA) is 61.7 Å². The molecule has 6 nitrogen and oxygen atoms in total. The molecule has 0 aliphatic rings. The third-order valence-electron chi connectivity index (χ3n) is 12.4. The van der Waals surface area contributed by atoms with Crippen molar-refractivity contribution in [3.8, 4) is 56.7 Å². The lowest BCUT2D eigenvalue weighted by molar-refractivity contribution is 0.668. The highest BCUT2D eigenvalue weighted by Crippen LogP contribution is 2.45. The van der Waals surface area contributed by atoms with E-state index in [2.05, 4.69) is 161 Å². The molecule has 4 heterocycles. The summed E-state index contributed by atoms with van der Waals surface area (Å²) in [4.78, 5) is 15.4. The van der Waals surface area contributed by atoms with Crippen LogP contribution in [0.1, 0.15) is 0 Å². The van der Waals surface area contributed by atoms with Crippen LogP contribution in [0.3, 0.4) is 0 Å². The van der Waals surface area contributed by atoms with Gasteiger partial charge in [-0.05, 0) is 53.6 Å².